The minimum atomic E-state index is -0.262. The number of nitrogens with one attached hydrogen (secondary N) is 2. The van der Waals surface area contributed by atoms with Crippen LogP contribution in [0.1, 0.15) is 22.5 Å². The third-order valence-corrected chi connectivity index (χ3v) is 4.27. The van der Waals surface area contributed by atoms with Crippen molar-refractivity contribution < 1.29 is 4.79 Å². The van der Waals surface area contributed by atoms with Crippen LogP contribution in [-0.4, -0.2) is 54.7 Å². The van der Waals surface area contributed by atoms with Crippen LogP contribution >= 0.6 is 23.2 Å². The summed E-state index contributed by atoms with van der Waals surface area (Å²) in [5.41, 5.74) is 1.21. The number of aromatic nitrogens is 2. The van der Waals surface area contributed by atoms with E-state index in [9.17, 15) is 4.79 Å². The standard InChI is InChI=1S/C18H23Cl2N5O/c1-25(2)11-3-9-21-17-7-6-16(23-24-17)18(26)22-10-8-13-4-5-14(19)12-15(13)20/h4-7,12H,3,8-11H2,1-2H3,(H,21,24)(H,22,26). The summed E-state index contributed by atoms with van der Waals surface area (Å²) < 4.78 is 0. The largest absolute Gasteiger partial charge is 0.369 e. The number of carbonyl (C=O) groups excluding carboxylic acids is 1. The van der Waals surface area contributed by atoms with Gasteiger partial charge in [-0.2, -0.15) is 0 Å². The molecule has 1 heterocycles. The van der Waals surface area contributed by atoms with E-state index in [2.05, 4.69) is 25.7 Å². The van der Waals surface area contributed by atoms with Crippen molar-refractivity contribution in [3.63, 3.8) is 0 Å². The number of anilines is 1. The minimum Gasteiger partial charge on any atom is -0.369 e. The van der Waals surface area contributed by atoms with Crippen LogP contribution in [0.2, 0.25) is 10.0 Å². The molecule has 0 atom stereocenters. The first-order valence-electron chi connectivity index (χ1n) is 8.40. The van der Waals surface area contributed by atoms with Gasteiger partial charge in [0.15, 0.2) is 5.69 Å². The fraction of sp³-hybridized carbons (Fsp3) is 0.389. The molecule has 2 aromatic rings. The van der Waals surface area contributed by atoms with Crippen LogP contribution in [0.4, 0.5) is 5.82 Å². The highest BCUT2D eigenvalue weighted by Crippen LogP contribution is 2.21. The molecule has 0 saturated heterocycles. The molecule has 0 aliphatic carbocycles. The summed E-state index contributed by atoms with van der Waals surface area (Å²) in [7, 11) is 4.07. The summed E-state index contributed by atoms with van der Waals surface area (Å²) in [6, 6.07) is 8.74. The topological polar surface area (TPSA) is 70.2 Å². The van der Waals surface area contributed by atoms with Crippen molar-refractivity contribution in [3.8, 4) is 0 Å². The Balaban J connectivity index is 1.76. The molecule has 0 fully saturated rings. The van der Waals surface area contributed by atoms with Crippen molar-refractivity contribution in [2.75, 3.05) is 39.0 Å². The van der Waals surface area contributed by atoms with Crippen LogP contribution in [-0.2, 0) is 6.42 Å². The second-order valence-corrected chi connectivity index (χ2v) is 6.97. The van der Waals surface area contributed by atoms with Crippen molar-refractivity contribution in [1.82, 2.24) is 20.4 Å². The first kappa shape index (κ1) is 20.4. The SMILES string of the molecule is CN(C)CCCNc1ccc(C(=O)NCCc2ccc(Cl)cc2Cl)nn1. The van der Waals surface area contributed by atoms with Gasteiger partial charge in [-0.15, -0.1) is 10.2 Å². The Bertz CT molecular complexity index is 722. The molecule has 0 aliphatic rings. The molecule has 140 valence electrons. The Labute approximate surface area is 163 Å². The number of hydrogen-bond donors (Lipinski definition) is 2. The smallest absolute Gasteiger partial charge is 0.271 e. The Morgan fingerprint density at radius 3 is 2.58 bits per heavy atom. The molecule has 2 rings (SSSR count). The lowest BCUT2D eigenvalue weighted by Crippen LogP contribution is -2.27. The highest BCUT2D eigenvalue weighted by atomic mass is 35.5. The van der Waals surface area contributed by atoms with E-state index in [-0.39, 0.29) is 11.6 Å². The number of amides is 1. The number of benzene rings is 1. The summed E-state index contributed by atoms with van der Waals surface area (Å²) in [6.07, 6.45) is 1.62. The van der Waals surface area contributed by atoms with Crippen molar-refractivity contribution in [2.45, 2.75) is 12.8 Å². The quantitative estimate of drug-likeness (QED) is 0.638. The molecule has 8 heteroatoms. The molecular formula is C18H23Cl2N5O. The predicted octanol–water partition coefficient (Wildman–Crippen LogP) is 3.12. The maximum atomic E-state index is 12.1. The number of halogens is 2. The van der Waals surface area contributed by atoms with E-state index in [1.807, 2.05) is 20.2 Å². The summed E-state index contributed by atoms with van der Waals surface area (Å²) in [5, 5.41) is 15.2. The van der Waals surface area contributed by atoms with Crippen LogP contribution in [0.5, 0.6) is 0 Å². The molecule has 0 bridgehead atoms. The van der Waals surface area contributed by atoms with Crippen LogP contribution in [0.3, 0.4) is 0 Å². The lowest BCUT2D eigenvalue weighted by atomic mass is 10.1. The van der Waals surface area contributed by atoms with E-state index in [0.29, 0.717) is 28.8 Å². The minimum absolute atomic E-state index is 0.262. The fourth-order valence-electron chi connectivity index (χ4n) is 2.29. The van der Waals surface area contributed by atoms with Crippen molar-refractivity contribution in [3.05, 3.63) is 51.6 Å². The van der Waals surface area contributed by atoms with Gasteiger partial charge in [-0.3, -0.25) is 4.79 Å². The fourth-order valence-corrected chi connectivity index (χ4v) is 2.79. The second-order valence-electron chi connectivity index (χ2n) is 6.13. The molecule has 26 heavy (non-hydrogen) atoms. The van der Waals surface area contributed by atoms with E-state index in [1.165, 1.54) is 0 Å². The predicted molar refractivity (Wildman–Crippen MR) is 106 cm³/mol. The molecule has 0 radical (unpaired) electrons. The van der Waals surface area contributed by atoms with Crippen LogP contribution in [0.25, 0.3) is 0 Å². The maximum absolute atomic E-state index is 12.1. The van der Waals surface area contributed by atoms with E-state index < -0.39 is 0 Å². The Morgan fingerprint density at radius 1 is 1.12 bits per heavy atom. The maximum Gasteiger partial charge on any atom is 0.271 e. The first-order chi connectivity index (χ1) is 12.5. The van der Waals surface area contributed by atoms with Gasteiger partial charge >= 0.3 is 0 Å². The molecule has 0 aliphatic heterocycles. The zero-order valence-electron chi connectivity index (χ0n) is 14.9. The summed E-state index contributed by atoms with van der Waals surface area (Å²) in [5.74, 6) is 0.398. The van der Waals surface area contributed by atoms with E-state index in [0.717, 1.165) is 25.1 Å². The summed E-state index contributed by atoms with van der Waals surface area (Å²) >= 11 is 12.0. The van der Waals surface area contributed by atoms with E-state index in [1.54, 1.807) is 24.3 Å². The van der Waals surface area contributed by atoms with Crippen LogP contribution in [0, 0.1) is 0 Å². The second kappa shape index (κ2) is 10.3. The van der Waals surface area contributed by atoms with Gasteiger partial charge < -0.3 is 15.5 Å². The molecule has 1 aromatic carbocycles. The third kappa shape index (κ3) is 6.78. The zero-order chi connectivity index (χ0) is 18.9. The molecule has 2 N–H and O–H groups in total. The van der Waals surface area contributed by atoms with Crippen LogP contribution in [0.15, 0.2) is 30.3 Å². The van der Waals surface area contributed by atoms with Gasteiger partial charge in [0.25, 0.3) is 5.91 Å². The van der Waals surface area contributed by atoms with Gasteiger partial charge in [-0.1, -0.05) is 29.3 Å². The van der Waals surface area contributed by atoms with Gasteiger partial charge in [0, 0.05) is 23.1 Å². The van der Waals surface area contributed by atoms with E-state index in [4.69, 9.17) is 23.2 Å². The average molecular weight is 396 g/mol. The van der Waals surface area contributed by atoms with Crippen LogP contribution < -0.4 is 10.6 Å². The monoisotopic (exact) mass is 395 g/mol. The molecule has 0 unspecified atom stereocenters. The Kier molecular flexibility index (Phi) is 8.09. The average Bonchev–Trinajstić information content (AvgIpc) is 2.61. The third-order valence-electron chi connectivity index (χ3n) is 3.68. The first-order valence-corrected chi connectivity index (χ1v) is 9.16. The van der Waals surface area contributed by atoms with Crippen molar-refractivity contribution in [2.24, 2.45) is 0 Å². The van der Waals surface area contributed by atoms with Gasteiger partial charge in [0.1, 0.15) is 5.82 Å². The van der Waals surface area contributed by atoms with Gasteiger partial charge in [0.05, 0.1) is 0 Å². The van der Waals surface area contributed by atoms with E-state index >= 15 is 0 Å². The molecule has 0 spiro atoms. The molecular weight excluding hydrogens is 373 g/mol. The number of hydrogen-bond acceptors (Lipinski definition) is 5. The van der Waals surface area contributed by atoms with Crippen molar-refractivity contribution >= 4 is 34.9 Å². The Hall–Kier alpha value is -1.89. The zero-order valence-corrected chi connectivity index (χ0v) is 16.4. The normalized spacial score (nSPS) is 10.8. The number of rotatable bonds is 9. The highest BCUT2D eigenvalue weighted by Gasteiger charge is 2.08. The lowest BCUT2D eigenvalue weighted by Gasteiger charge is -2.10. The molecule has 1 amide bonds. The lowest BCUT2D eigenvalue weighted by molar-refractivity contribution is 0.0948. The van der Waals surface area contributed by atoms with Gasteiger partial charge in [-0.05, 0) is 63.3 Å². The van der Waals surface area contributed by atoms with Gasteiger partial charge in [-0.25, -0.2) is 0 Å². The number of nitrogens with zero attached hydrogens (tertiary/aromatic N) is 3. The Morgan fingerprint density at radius 2 is 1.92 bits per heavy atom. The van der Waals surface area contributed by atoms with Gasteiger partial charge in [0.2, 0.25) is 0 Å². The molecule has 0 saturated carbocycles. The summed E-state index contributed by atoms with van der Waals surface area (Å²) in [4.78, 5) is 14.2. The highest BCUT2D eigenvalue weighted by molar-refractivity contribution is 6.35. The molecule has 1 aromatic heterocycles. The van der Waals surface area contributed by atoms with Crippen molar-refractivity contribution in [1.29, 1.82) is 0 Å². The number of carbonyl (C=O) groups is 1. The summed E-state index contributed by atoms with van der Waals surface area (Å²) in [6.45, 7) is 2.26. The molecule has 6 nitrogen and oxygen atoms in total.